The van der Waals surface area contributed by atoms with Gasteiger partial charge in [-0.3, -0.25) is 0 Å². The van der Waals surface area contributed by atoms with E-state index in [-0.39, 0.29) is 0 Å². The van der Waals surface area contributed by atoms with Gasteiger partial charge in [0.25, 0.3) is 0 Å². The molecule has 0 aliphatic carbocycles. The van der Waals surface area contributed by atoms with E-state index in [1.165, 1.54) is 6.42 Å². The summed E-state index contributed by atoms with van der Waals surface area (Å²) in [6, 6.07) is 0.470. The molecule has 0 aliphatic rings. The number of hydrogen-bond acceptors (Lipinski definition) is 2. The summed E-state index contributed by atoms with van der Waals surface area (Å²) in [6.45, 7) is 9.80. The summed E-state index contributed by atoms with van der Waals surface area (Å²) in [6.07, 6.45) is 2.94. The van der Waals surface area contributed by atoms with E-state index in [0.717, 1.165) is 18.5 Å². The van der Waals surface area contributed by atoms with Crippen LogP contribution in [0, 0.1) is 0 Å². The summed E-state index contributed by atoms with van der Waals surface area (Å²) in [5, 5.41) is 12.4. The SMILES string of the molecule is C=C(N[C@@H](CC)CCC)C(C)O. The summed E-state index contributed by atoms with van der Waals surface area (Å²) in [4.78, 5) is 0. The molecular formula is C10H21NO. The van der Waals surface area contributed by atoms with Crippen molar-refractivity contribution in [2.75, 3.05) is 0 Å². The lowest BCUT2D eigenvalue weighted by Crippen LogP contribution is -2.31. The number of rotatable bonds is 6. The third-order valence-electron chi connectivity index (χ3n) is 2.02. The Bertz CT molecular complexity index is 132. The molecular weight excluding hydrogens is 150 g/mol. The number of hydrogen-bond donors (Lipinski definition) is 2. The summed E-state index contributed by atoms with van der Waals surface area (Å²) in [7, 11) is 0. The molecule has 2 atom stereocenters. The minimum Gasteiger partial charge on any atom is -0.387 e. The van der Waals surface area contributed by atoms with Gasteiger partial charge in [0.05, 0.1) is 6.10 Å². The molecule has 0 aromatic carbocycles. The standard InChI is InChI=1S/C10H21NO/c1-5-7-10(6-2)11-8(3)9(4)12/h9-12H,3,5-7H2,1-2,4H3/t9?,10-/m0/s1. The maximum atomic E-state index is 9.17. The van der Waals surface area contributed by atoms with Crippen LogP contribution in [0.4, 0.5) is 0 Å². The van der Waals surface area contributed by atoms with Crippen LogP contribution < -0.4 is 5.32 Å². The fourth-order valence-electron chi connectivity index (χ4n) is 1.11. The average Bonchev–Trinajstić information content (AvgIpc) is 2.03. The predicted octanol–water partition coefficient (Wildman–Crippen LogP) is 2.05. The summed E-state index contributed by atoms with van der Waals surface area (Å²) >= 11 is 0. The highest BCUT2D eigenvalue weighted by molar-refractivity contribution is 4.98. The Morgan fingerprint density at radius 3 is 2.42 bits per heavy atom. The number of aliphatic hydroxyl groups excluding tert-OH is 1. The van der Waals surface area contributed by atoms with Crippen molar-refractivity contribution >= 4 is 0 Å². The second-order valence-electron chi connectivity index (χ2n) is 3.24. The Kier molecular flexibility index (Phi) is 5.81. The van der Waals surface area contributed by atoms with Crippen molar-refractivity contribution < 1.29 is 5.11 Å². The van der Waals surface area contributed by atoms with Gasteiger partial charge < -0.3 is 10.4 Å². The van der Waals surface area contributed by atoms with Gasteiger partial charge in [-0.05, 0) is 19.8 Å². The number of aliphatic hydroxyl groups is 1. The second kappa shape index (κ2) is 6.06. The van der Waals surface area contributed by atoms with Crippen LogP contribution >= 0.6 is 0 Å². The van der Waals surface area contributed by atoms with Crippen molar-refractivity contribution in [1.29, 1.82) is 0 Å². The molecule has 0 radical (unpaired) electrons. The van der Waals surface area contributed by atoms with Crippen LogP contribution in [0.15, 0.2) is 12.3 Å². The highest BCUT2D eigenvalue weighted by Gasteiger charge is 2.07. The third-order valence-corrected chi connectivity index (χ3v) is 2.02. The van der Waals surface area contributed by atoms with Gasteiger partial charge in [0, 0.05) is 11.7 Å². The predicted molar refractivity (Wildman–Crippen MR) is 52.9 cm³/mol. The van der Waals surface area contributed by atoms with Crippen LogP contribution in [0.5, 0.6) is 0 Å². The molecule has 0 aromatic rings. The zero-order valence-electron chi connectivity index (χ0n) is 8.43. The first kappa shape index (κ1) is 11.5. The van der Waals surface area contributed by atoms with Gasteiger partial charge in [-0.1, -0.05) is 26.8 Å². The van der Waals surface area contributed by atoms with Gasteiger partial charge in [0.15, 0.2) is 0 Å². The lowest BCUT2D eigenvalue weighted by molar-refractivity contribution is 0.218. The molecule has 2 heteroatoms. The Morgan fingerprint density at radius 2 is 2.08 bits per heavy atom. The van der Waals surface area contributed by atoms with Gasteiger partial charge >= 0.3 is 0 Å². The van der Waals surface area contributed by atoms with Crippen molar-refractivity contribution in [3.8, 4) is 0 Å². The third kappa shape index (κ3) is 4.39. The van der Waals surface area contributed by atoms with Gasteiger partial charge in [0.2, 0.25) is 0 Å². The second-order valence-corrected chi connectivity index (χ2v) is 3.24. The number of nitrogens with one attached hydrogen (secondary N) is 1. The minimum absolute atomic E-state index is 0.448. The lowest BCUT2D eigenvalue weighted by atomic mass is 10.1. The first-order valence-corrected chi connectivity index (χ1v) is 4.75. The molecule has 0 fully saturated rings. The molecule has 0 saturated carbocycles. The Balaban J connectivity index is 3.77. The van der Waals surface area contributed by atoms with Gasteiger partial charge in [-0.2, -0.15) is 0 Å². The van der Waals surface area contributed by atoms with Crippen molar-refractivity contribution in [3.63, 3.8) is 0 Å². The normalized spacial score (nSPS) is 15.3. The van der Waals surface area contributed by atoms with Crippen molar-refractivity contribution in [2.45, 2.75) is 52.2 Å². The fraction of sp³-hybridized carbons (Fsp3) is 0.800. The zero-order chi connectivity index (χ0) is 9.56. The van der Waals surface area contributed by atoms with E-state index >= 15 is 0 Å². The molecule has 1 unspecified atom stereocenters. The minimum atomic E-state index is -0.448. The molecule has 0 aliphatic heterocycles. The maximum Gasteiger partial charge on any atom is 0.0900 e. The highest BCUT2D eigenvalue weighted by atomic mass is 16.3. The van der Waals surface area contributed by atoms with Gasteiger partial charge in [-0.15, -0.1) is 0 Å². The van der Waals surface area contributed by atoms with Crippen LogP contribution in [0.3, 0.4) is 0 Å². The van der Waals surface area contributed by atoms with E-state index in [4.69, 9.17) is 0 Å². The monoisotopic (exact) mass is 171 g/mol. The van der Waals surface area contributed by atoms with Crippen LogP contribution in [0.1, 0.15) is 40.0 Å². The topological polar surface area (TPSA) is 32.3 Å². The zero-order valence-corrected chi connectivity index (χ0v) is 8.43. The van der Waals surface area contributed by atoms with Gasteiger partial charge in [0.1, 0.15) is 0 Å². The Hall–Kier alpha value is -0.500. The smallest absolute Gasteiger partial charge is 0.0900 e. The molecule has 0 amide bonds. The molecule has 0 spiro atoms. The van der Waals surface area contributed by atoms with E-state index in [1.807, 2.05) is 0 Å². The first-order chi connectivity index (χ1) is 5.61. The summed E-state index contributed by atoms with van der Waals surface area (Å²) in [5.74, 6) is 0. The Morgan fingerprint density at radius 1 is 1.50 bits per heavy atom. The molecule has 0 bridgehead atoms. The van der Waals surface area contributed by atoms with Crippen LogP contribution in [-0.4, -0.2) is 17.3 Å². The van der Waals surface area contributed by atoms with E-state index in [9.17, 15) is 5.11 Å². The van der Waals surface area contributed by atoms with E-state index in [2.05, 4.69) is 25.7 Å². The van der Waals surface area contributed by atoms with Crippen molar-refractivity contribution in [2.24, 2.45) is 0 Å². The largest absolute Gasteiger partial charge is 0.387 e. The maximum absolute atomic E-state index is 9.17. The molecule has 2 nitrogen and oxygen atoms in total. The lowest BCUT2D eigenvalue weighted by Gasteiger charge is -2.20. The molecule has 0 aromatic heterocycles. The Labute approximate surface area is 75.7 Å². The van der Waals surface area contributed by atoms with E-state index in [1.54, 1.807) is 6.92 Å². The molecule has 72 valence electrons. The van der Waals surface area contributed by atoms with Crippen LogP contribution in [-0.2, 0) is 0 Å². The summed E-state index contributed by atoms with van der Waals surface area (Å²) < 4.78 is 0. The van der Waals surface area contributed by atoms with Crippen molar-refractivity contribution in [1.82, 2.24) is 5.32 Å². The average molecular weight is 171 g/mol. The first-order valence-electron chi connectivity index (χ1n) is 4.75. The fourth-order valence-corrected chi connectivity index (χ4v) is 1.11. The van der Waals surface area contributed by atoms with Crippen molar-refractivity contribution in [3.05, 3.63) is 12.3 Å². The highest BCUT2D eigenvalue weighted by Crippen LogP contribution is 2.04. The molecule has 12 heavy (non-hydrogen) atoms. The quantitative estimate of drug-likeness (QED) is 0.641. The molecule has 0 rings (SSSR count). The van der Waals surface area contributed by atoms with E-state index in [0.29, 0.717) is 6.04 Å². The van der Waals surface area contributed by atoms with Crippen LogP contribution in [0.25, 0.3) is 0 Å². The van der Waals surface area contributed by atoms with Crippen LogP contribution in [0.2, 0.25) is 0 Å². The molecule has 0 heterocycles. The van der Waals surface area contributed by atoms with E-state index < -0.39 is 6.10 Å². The summed E-state index contributed by atoms with van der Waals surface area (Å²) in [5.41, 5.74) is 0.732. The van der Waals surface area contributed by atoms with Gasteiger partial charge in [-0.25, -0.2) is 0 Å². The molecule has 2 N–H and O–H groups in total. The molecule has 0 saturated heterocycles.